The number of alkyl halides is 2. The zero-order chi connectivity index (χ0) is 11.7. The molecule has 0 amide bonds. The smallest absolute Gasteiger partial charge is 0.342 e. The molecular formula is C9H5F2NO4. The normalized spacial score (nSPS) is 10.9. The third-order valence-electron chi connectivity index (χ3n) is 1.89. The van der Waals surface area contributed by atoms with Gasteiger partial charge >= 0.3 is 5.97 Å². The number of carbonyl (C=O) groups is 1. The van der Waals surface area contributed by atoms with Gasteiger partial charge in [0.25, 0.3) is 6.43 Å². The molecule has 0 atom stereocenters. The van der Waals surface area contributed by atoms with Crippen LogP contribution in [0.1, 0.15) is 22.5 Å². The predicted octanol–water partition coefficient (Wildman–Crippen LogP) is 2.57. The van der Waals surface area contributed by atoms with Crippen molar-refractivity contribution in [2.75, 3.05) is 0 Å². The van der Waals surface area contributed by atoms with E-state index < -0.39 is 23.7 Å². The van der Waals surface area contributed by atoms with E-state index >= 15 is 0 Å². The number of hydrogen-bond donors (Lipinski definition) is 1. The van der Waals surface area contributed by atoms with Crippen molar-refractivity contribution in [1.29, 1.82) is 0 Å². The van der Waals surface area contributed by atoms with Crippen LogP contribution in [0.15, 0.2) is 27.3 Å². The Morgan fingerprint density at radius 3 is 2.75 bits per heavy atom. The van der Waals surface area contributed by atoms with Gasteiger partial charge in [0.15, 0.2) is 11.5 Å². The molecule has 2 heterocycles. The van der Waals surface area contributed by atoms with Crippen molar-refractivity contribution in [1.82, 2.24) is 5.16 Å². The Morgan fingerprint density at radius 2 is 2.25 bits per heavy atom. The van der Waals surface area contributed by atoms with E-state index in [4.69, 9.17) is 9.52 Å². The van der Waals surface area contributed by atoms with Crippen molar-refractivity contribution < 1.29 is 27.6 Å². The van der Waals surface area contributed by atoms with Crippen LogP contribution in [0.5, 0.6) is 0 Å². The van der Waals surface area contributed by atoms with E-state index in [9.17, 15) is 13.6 Å². The summed E-state index contributed by atoms with van der Waals surface area (Å²) < 4.78 is 34.0. The summed E-state index contributed by atoms with van der Waals surface area (Å²) in [6, 6.07) is 2.89. The van der Waals surface area contributed by atoms with Gasteiger partial charge in [-0.25, -0.2) is 13.6 Å². The van der Waals surface area contributed by atoms with Crippen molar-refractivity contribution >= 4 is 5.97 Å². The lowest BCUT2D eigenvalue weighted by Gasteiger charge is -1.95. The van der Waals surface area contributed by atoms with Crippen molar-refractivity contribution in [3.05, 3.63) is 29.7 Å². The molecule has 7 heteroatoms. The number of aromatic carboxylic acids is 1. The monoisotopic (exact) mass is 229 g/mol. The highest BCUT2D eigenvalue weighted by Gasteiger charge is 2.30. The average Bonchev–Trinajstić information content (AvgIpc) is 2.85. The third-order valence-corrected chi connectivity index (χ3v) is 1.89. The highest BCUT2D eigenvalue weighted by atomic mass is 19.3. The lowest BCUT2D eigenvalue weighted by atomic mass is 10.1. The van der Waals surface area contributed by atoms with Crippen LogP contribution in [0.4, 0.5) is 8.78 Å². The first-order valence-corrected chi connectivity index (χ1v) is 4.16. The zero-order valence-electron chi connectivity index (χ0n) is 7.68. The fourth-order valence-corrected chi connectivity index (χ4v) is 1.24. The molecule has 0 unspecified atom stereocenters. The Morgan fingerprint density at radius 1 is 1.50 bits per heavy atom. The van der Waals surface area contributed by atoms with Gasteiger partial charge in [0, 0.05) is 0 Å². The molecule has 0 bridgehead atoms. The number of carboxylic acid groups (broad SMARTS) is 1. The molecule has 0 aliphatic heterocycles. The third kappa shape index (κ3) is 1.56. The van der Waals surface area contributed by atoms with Crippen LogP contribution in [0.3, 0.4) is 0 Å². The zero-order valence-corrected chi connectivity index (χ0v) is 7.68. The summed E-state index contributed by atoms with van der Waals surface area (Å²) in [6.45, 7) is 0. The maximum Gasteiger partial charge on any atom is 0.342 e. The number of carboxylic acids is 1. The van der Waals surface area contributed by atoms with E-state index in [2.05, 4.69) is 9.68 Å². The molecule has 5 nitrogen and oxygen atoms in total. The van der Waals surface area contributed by atoms with Crippen LogP contribution in [0, 0.1) is 0 Å². The Hall–Kier alpha value is -2.18. The molecule has 1 N–H and O–H groups in total. The molecule has 0 radical (unpaired) electrons. The molecule has 2 aromatic rings. The number of aromatic nitrogens is 1. The van der Waals surface area contributed by atoms with Crippen molar-refractivity contribution in [2.24, 2.45) is 0 Å². The van der Waals surface area contributed by atoms with Gasteiger partial charge in [-0.15, -0.1) is 0 Å². The Labute approximate surface area is 87.3 Å². The summed E-state index contributed by atoms with van der Waals surface area (Å²) in [5, 5.41) is 12.1. The molecular weight excluding hydrogens is 224 g/mol. The molecule has 0 fully saturated rings. The van der Waals surface area contributed by atoms with Crippen molar-refractivity contribution in [3.8, 4) is 11.5 Å². The average molecular weight is 229 g/mol. The lowest BCUT2D eigenvalue weighted by Crippen LogP contribution is -2.01. The second-order valence-electron chi connectivity index (χ2n) is 2.85. The molecule has 0 saturated heterocycles. The number of halogens is 2. The summed E-state index contributed by atoms with van der Waals surface area (Å²) in [4.78, 5) is 10.8. The summed E-state index contributed by atoms with van der Waals surface area (Å²) in [5.41, 5.74) is -0.919. The van der Waals surface area contributed by atoms with Crippen molar-refractivity contribution in [3.63, 3.8) is 0 Å². The number of rotatable bonds is 3. The van der Waals surface area contributed by atoms with E-state index in [0.717, 1.165) is 0 Å². The number of hydrogen-bond acceptors (Lipinski definition) is 4. The van der Waals surface area contributed by atoms with Crippen LogP contribution in [-0.4, -0.2) is 16.2 Å². The molecule has 0 saturated carbocycles. The summed E-state index contributed by atoms with van der Waals surface area (Å²) in [7, 11) is 0. The summed E-state index contributed by atoms with van der Waals surface area (Å²) in [5.74, 6) is -2.45. The van der Waals surface area contributed by atoms with Crippen LogP contribution >= 0.6 is 0 Å². The second-order valence-corrected chi connectivity index (χ2v) is 2.85. The van der Waals surface area contributed by atoms with E-state index in [1.54, 1.807) is 0 Å². The number of nitrogens with zero attached hydrogens (tertiary/aromatic N) is 1. The highest BCUT2D eigenvalue weighted by Crippen LogP contribution is 2.31. The largest absolute Gasteiger partial charge is 0.477 e. The van der Waals surface area contributed by atoms with Gasteiger partial charge in [0.2, 0.25) is 5.76 Å². The fraction of sp³-hybridized carbons (Fsp3) is 0.111. The molecule has 0 spiro atoms. The Bertz CT molecular complexity index is 504. The lowest BCUT2D eigenvalue weighted by molar-refractivity contribution is 0.0670. The topological polar surface area (TPSA) is 76.5 Å². The van der Waals surface area contributed by atoms with E-state index in [1.165, 1.54) is 18.4 Å². The molecule has 84 valence electrons. The van der Waals surface area contributed by atoms with Gasteiger partial charge in [-0.3, -0.25) is 0 Å². The minimum Gasteiger partial charge on any atom is -0.477 e. The van der Waals surface area contributed by atoms with E-state index in [1.807, 2.05) is 0 Å². The van der Waals surface area contributed by atoms with Crippen LogP contribution in [-0.2, 0) is 0 Å². The summed E-state index contributed by atoms with van der Waals surface area (Å²) in [6.07, 6.45) is -1.76. The number of furan rings is 1. The van der Waals surface area contributed by atoms with Gasteiger partial charge in [0.1, 0.15) is 5.56 Å². The molecule has 16 heavy (non-hydrogen) atoms. The fourth-order valence-electron chi connectivity index (χ4n) is 1.24. The maximum absolute atomic E-state index is 12.4. The van der Waals surface area contributed by atoms with Gasteiger partial charge in [-0.1, -0.05) is 5.16 Å². The van der Waals surface area contributed by atoms with Gasteiger partial charge in [0.05, 0.1) is 6.26 Å². The van der Waals surface area contributed by atoms with Gasteiger partial charge in [-0.2, -0.15) is 0 Å². The SMILES string of the molecule is O=C(O)c1c(-c2ccco2)noc1C(F)F. The van der Waals surface area contributed by atoms with E-state index in [0.29, 0.717) is 0 Å². The quantitative estimate of drug-likeness (QED) is 0.875. The van der Waals surface area contributed by atoms with Crippen LogP contribution in [0.2, 0.25) is 0 Å². The standard InChI is InChI=1S/C9H5F2NO4/c10-8(11)7-5(9(13)14)6(12-16-7)4-2-1-3-15-4/h1-3,8H,(H,13,14). The van der Waals surface area contributed by atoms with E-state index in [-0.39, 0.29) is 11.5 Å². The first-order valence-electron chi connectivity index (χ1n) is 4.16. The minimum atomic E-state index is -3.04. The Kier molecular flexibility index (Phi) is 2.43. The maximum atomic E-state index is 12.4. The summed E-state index contributed by atoms with van der Waals surface area (Å²) >= 11 is 0. The van der Waals surface area contributed by atoms with Gasteiger partial charge in [-0.05, 0) is 12.1 Å². The molecule has 0 aromatic carbocycles. The van der Waals surface area contributed by atoms with Gasteiger partial charge < -0.3 is 14.0 Å². The second kappa shape index (κ2) is 3.76. The van der Waals surface area contributed by atoms with Crippen LogP contribution in [0.25, 0.3) is 11.5 Å². The van der Waals surface area contributed by atoms with Crippen LogP contribution < -0.4 is 0 Å². The first-order chi connectivity index (χ1) is 7.61. The molecule has 0 aliphatic rings. The highest BCUT2D eigenvalue weighted by molar-refractivity contribution is 5.95. The Balaban J connectivity index is 2.59. The predicted molar refractivity (Wildman–Crippen MR) is 46.1 cm³/mol. The minimum absolute atomic E-state index is 0.0630. The van der Waals surface area contributed by atoms with Crippen molar-refractivity contribution in [2.45, 2.75) is 6.43 Å². The first kappa shape index (κ1) is 10.3. The molecule has 0 aliphatic carbocycles. The molecule has 2 aromatic heterocycles. The molecule has 2 rings (SSSR count).